The average Bonchev–Trinajstić information content (AvgIpc) is 2.78. The van der Waals surface area contributed by atoms with Crippen molar-refractivity contribution >= 4 is 17.0 Å². The molecular weight excluding hydrogens is 230 g/mol. The fourth-order valence-corrected chi connectivity index (χ4v) is 2.46. The number of hydrogen-bond acceptors (Lipinski definition) is 4. The van der Waals surface area contributed by atoms with Crippen LogP contribution in [0.4, 0.5) is 5.69 Å². The molecule has 1 aromatic heterocycles. The first-order chi connectivity index (χ1) is 8.08. The normalized spacial score (nSPS) is 12.5. The summed E-state index contributed by atoms with van der Waals surface area (Å²) in [5, 5.41) is 3.06. The van der Waals surface area contributed by atoms with E-state index in [1.54, 1.807) is 11.3 Å². The first-order valence-corrected chi connectivity index (χ1v) is 6.44. The molecule has 0 fully saturated rings. The molecule has 0 radical (unpaired) electrons. The number of anilines is 1. The van der Waals surface area contributed by atoms with Gasteiger partial charge in [0.05, 0.1) is 5.69 Å². The predicted octanol–water partition coefficient (Wildman–Crippen LogP) is 2.90. The summed E-state index contributed by atoms with van der Waals surface area (Å²) in [6, 6.07) is 8.39. The molecule has 0 saturated heterocycles. The molecule has 1 heterocycles. The van der Waals surface area contributed by atoms with E-state index in [1.807, 2.05) is 26.4 Å². The van der Waals surface area contributed by atoms with Crippen LogP contribution < -0.4 is 10.6 Å². The highest BCUT2D eigenvalue weighted by Gasteiger charge is 2.07. The third-order valence-corrected chi connectivity index (χ3v) is 3.53. The Bertz CT molecular complexity index is 486. The van der Waals surface area contributed by atoms with Gasteiger partial charge in [0.1, 0.15) is 5.01 Å². The Kier molecular flexibility index (Phi) is 3.45. The summed E-state index contributed by atoms with van der Waals surface area (Å²) in [6.45, 7) is 1.95. The molecule has 1 unspecified atom stereocenters. The monoisotopic (exact) mass is 247 g/mol. The van der Waals surface area contributed by atoms with Crippen molar-refractivity contribution in [2.24, 2.45) is 5.73 Å². The lowest BCUT2D eigenvalue weighted by molar-refractivity contribution is 0.790. The number of nitrogens with zero attached hydrogens (tertiary/aromatic N) is 2. The van der Waals surface area contributed by atoms with Gasteiger partial charge in [-0.05, 0) is 31.2 Å². The van der Waals surface area contributed by atoms with Gasteiger partial charge in [0, 0.05) is 36.8 Å². The zero-order valence-corrected chi connectivity index (χ0v) is 11.2. The fourth-order valence-electron chi connectivity index (χ4n) is 1.53. The maximum Gasteiger partial charge on any atom is 0.123 e. The molecule has 2 rings (SSSR count). The summed E-state index contributed by atoms with van der Waals surface area (Å²) in [5.41, 5.74) is 9.10. The van der Waals surface area contributed by atoms with Crippen LogP contribution in [0.3, 0.4) is 0 Å². The van der Waals surface area contributed by atoms with E-state index in [4.69, 9.17) is 5.73 Å². The number of rotatable bonds is 3. The molecule has 90 valence electrons. The Morgan fingerprint density at radius 2 is 1.88 bits per heavy atom. The lowest BCUT2D eigenvalue weighted by Gasteiger charge is -2.12. The lowest BCUT2D eigenvalue weighted by atomic mass is 10.2. The van der Waals surface area contributed by atoms with Crippen LogP contribution in [0.15, 0.2) is 29.6 Å². The molecule has 3 nitrogen and oxygen atoms in total. The highest BCUT2D eigenvalue weighted by molar-refractivity contribution is 7.13. The van der Waals surface area contributed by atoms with Crippen LogP contribution in [-0.2, 0) is 0 Å². The minimum absolute atomic E-state index is 0.000971. The van der Waals surface area contributed by atoms with Crippen LogP contribution in [0.2, 0.25) is 0 Å². The molecule has 0 amide bonds. The third-order valence-electron chi connectivity index (χ3n) is 2.62. The van der Waals surface area contributed by atoms with Crippen molar-refractivity contribution in [2.75, 3.05) is 19.0 Å². The van der Waals surface area contributed by atoms with Gasteiger partial charge in [0.15, 0.2) is 0 Å². The maximum atomic E-state index is 5.81. The molecular formula is C13H17N3S. The average molecular weight is 247 g/mol. The minimum Gasteiger partial charge on any atom is -0.378 e. The second-order valence-electron chi connectivity index (χ2n) is 4.31. The van der Waals surface area contributed by atoms with Gasteiger partial charge in [0.25, 0.3) is 0 Å². The van der Waals surface area contributed by atoms with E-state index in [9.17, 15) is 0 Å². The van der Waals surface area contributed by atoms with Crippen molar-refractivity contribution in [2.45, 2.75) is 13.0 Å². The van der Waals surface area contributed by atoms with Crippen molar-refractivity contribution in [3.8, 4) is 10.6 Å². The second kappa shape index (κ2) is 4.85. The van der Waals surface area contributed by atoms with Crippen LogP contribution in [-0.4, -0.2) is 19.1 Å². The Morgan fingerprint density at radius 3 is 2.35 bits per heavy atom. The topological polar surface area (TPSA) is 42.1 Å². The quantitative estimate of drug-likeness (QED) is 0.906. The van der Waals surface area contributed by atoms with Gasteiger partial charge in [-0.3, -0.25) is 0 Å². The van der Waals surface area contributed by atoms with Crippen molar-refractivity contribution in [3.63, 3.8) is 0 Å². The molecule has 0 aliphatic heterocycles. The van der Waals surface area contributed by atoms with E-state index >= 15 is 0 Å². The van der Waals surface area contributed by atoms with Crippen LogP contribution in [0.5, 0.6) is 0 Å². The van der Waals surface area contributed by atoms with Crippen LogP contribution in [0.1, 0.15) is 18.7 Å². The second-order valence-corrected chi connectivity index (χ2v) is 5.17. The number of thiazole rings is 1. The number of hydrogen-bond donors (Lipinski definition) is 1. The highest BCUT2D eigenvalue weighted by Crippen LogP contribution is 2.27. The largest absolute Gasteiger partial charge is 0.378 e. The van der Waals surface area contributed by atoms with Gasteiger partial charge < -0.3 is 10.6 Å². The van der Waals surface area contributed by atoms with Gasteiger partial charge >= 0.3 is 0 Å². The zero-order valence-electron chi connectivity index (χ0n) is 10.3. The lowest BCUT2D eigenvalue weighted by Crippen LogP contribution is -2.07. The molecule has 0 saturated carbocycles. The SMILES string of the molecule is CC(N)c1csc(-c2ccc(N(C)C)cc2)n1. The van der Waals surface area contributed by atoms with E-state index in [-0.39, 0.29) is 6.04 Å². The van der Waals surface area contributed by atoms with Crippen molar-refractivity contribution in [1.82, 2.24) is 4.98 Å². The summed E-state index contributed by atoms with van der Waals surface area (Å²) in [7, 11) is 4.07. The Morgan fingerprint density at radius 1 is 1.24 bits per heavy atom. The molecule has 17 heavy (non-hydrogen) atoms. The predicted molar refractivity (Wildman–Crippen MR) is 74.5 cm³/mol. The molecule has 0 aliphatic rings. The first-order valence-electron chi connectivity index (χ1n) is 5.56. The molecule has 4 heteroatoms. The molecule has 0 bridgehead atoms. The Hall–Kier alpha value is -1.39. The van der Waals surface area contributed by atoms with Crippen LogP contribution in [0.25, 0.3) is 10.6 Å². The van der Waals surface area contributed by atoms with E-state index < -0.39 is 0 Å². The summed E-state index contributed by atoms with van der Waals surface area (Å²) < 4.78 is 0. The van der Waals surface area contributed by atoms with Gasteiger partial charge in [-0.25, -0.2) is 4.98 Å². The molecule has 0 aliphatic carbocycles. The highest BCUT2D eigenvalue weighted by atomic mass is 32.1. The number of benzene rings is 1. The van der Waals surface area contributed by atoms with E-state index in [0.29, 0.717) is 0 Å². The summed E-state index contributed by atoms with van der Waals surface area (Å²) in [5.74, 6) is 0. The van der Waals surface area contributed by atoms with Crippen molar-refractivity contribution in [1.29, 1.82) is 0 Å². The number of aromatic nitrogens is 1. The summed E-state index contributed by atoms with van der Waals surface area (Å²) in [6.07, 6.45) is 0. The van der Waals surface area contributed by atoms with Gasteiger partial charge in [-0.15, -0.1) is 11.3 Å². The molecule has 2 aromatic rings. The Balaban J connectivity index is 2.27. The minimum atomic E-state index is 0.000971. The van der Waals surface area contributed by atoms with E-state index in [1.165, 1.54) is 5.69 Å². The Labute approximate surface area is 106 Å². The molecule has 1 aromatic carbocycles. The summed E-state index contributed by atoms with van der Waals surface area (Å²) in [4.78, 5) is 6.62. The van der Waals surface area contributed by atoms with Gasteiger partial charge in [0.2, 0.25) is 0 Å². The fraction of sp³-hybridized carbons (Fsp3) is 0.308. The molecule has 1 atom stereocenters. The first kappa shape index (κ1) is 12.1. The molecule has 2 N–H and O–H groups in total. The van der Waals surface area contributed by atoms with E-state index in [0.717, 1.165) is 16.3 Å². The standard InChI is InChI=1S/C13H17N3S/c1-9(14)12-8-17-13(15-12)10-4-6-11(7-5-10)16(2)3/h4-9H,14H2,1-3H3. The van der Waals surface area contributed by atoms with Gasteiger partial charge in [-0.1, -0.05) is 0 Å². The van der Waals surface area contributed by atoms with Crippen LogP contribution in [0, 0.1) is 0 Å². The summed E-state index contributed by atoms with van der Waals surface area (Å²) >= 11 is 1.64. The van der Waals surface area contributed by atoms with Crippen LogP contribution >= 0.6 is 11.3 Å². The van der Waals surface area contributed by atoms with Crippen molar-refractivity contribution < 1.29 is 0 Å². The third kappa shape index (κ3) is 2.65. The zero-order chi connectivity index (χ0) is 12.4. The van der Waals surface area contributed by atoms with E-state index in [2.05, 4.69) is 34.1 Å². The van der Waals surface area contributed by atoms with Gasteiger partial charge in [-0.2, -0.15) is 0 Å². The molecule has 0 spiro atoms. The smallest absolute Gasteiger partial charge is 0.123 e. The number of nitrogens with two attached hydrogens (primary N) is 1. The maximum absolute atomic E-state index is 5.81. The van der Waals surface area contributed by atoms with Crippen molar-refractivity contribution in [3.05, 3.63) is 35.3 Å².